The Bertz CT molecular complexity index is 1240. The van der Waals surface area contributed by atoms with Gasteiger partial charge in [-0.2, -0.15) is 0 Å². The number of esters is 1. The molecule has 0 radical (unpaired) electrons. The molecule has 1 amide bonds. The molecule has 0 atom stereocenters. The number of carbonyl (C=O) groups is 2. The minimum atomic E-state index is -0.204. The molecule has 1 heterocycles. The van der Waals surface area contributed by atoms with E-state index in [1.807, 2.05) is 42.5 Å². The highest BCUT2D eigenvalue weighted by Crippen LogP contribution is 2.24. The number of aromatic nitrogens is 2. The van der Waals surface area contributed by atoms with Crippen molar-refractivity contribution in [3.63, 3.8) is 0 Å². The van der Waals surface area contributed by atoms with Crippen LogP contribution in [0.1, 0.15) is 79.2 Å². The number of ether oxygens (including phenoxy) is 1. The van der Waals surface area contributed by atoms with E-state index in [1.165, 1.54) is 32.1 Å². The second-order valence-electron chi connectivity index (χ2n) is 9.79. The normalized spacial score (nSPS) is 14.0. The summed E-state index contributed by atoms with van der Waals surface area (Å²) in [4.78, 5) is 29.7. The molecule has 0 bridgehead atoms. The Morgan fingerprint density at radius 3 is 2.54 bits per heavy atom. The third-order valence-electron chi connectivity index (χ3n) is 7.06. The largest absolute Gasteiger partial charge is 0.466 e. The summed E-state index contributed by atoms with van der Waals surface area (Å²) in [6.07, 6.45) is 7.72. The molecule has 0 spiro atoms. The highest BCUT2D eigenvalue weighted by molar-refractivity contribution is 5.97. The summed E-state index contributed by atoms with van der Waals surface area (Å²) in [5.74, 6) is 1.19. The van der Waals surface area contributed by atoms with E-state index in [0.29, 0.717) is 49.5 Å². The van der Waals surface area contributed by atoms with Crippen molar-refractivity contribution < 1.29 is 14.3 Å². The standard InChI is InChI=1S/C29H37N5O3/c1-2-37-27(35)9-6-16-34-25-15-14-23(29(36)32-19-21-7-4-3-5-8-21)18-24(25)33-26(34)17-20-10-12-22(13-11-20)28(30)31/h10-15,18,21H,2-9,16-17,19H2,1H3,(H3,30,31)(H,32,36). The van der Waals surface area contributed by atoms with Crippen LogP contribution in [0.3, 0.4) is 0 Å². The number of hydrogen-bond donors (Lipinski definition) is 3. The Labute approximate surface area is 218 Å². The van der Waals surface area contributed by atoms with Gasteiger partial charge in [0.05, 0.1) is 17.6 Å². The predicted molar refractivity (Wildman–Crippen MR) is 145 cm³/mol. The number of rotatable bonds is 11. The molecule has 37 heavy (non-hydrogen) atoms. The molecule has 8 heteroatoms. The highest BCUT2D eigenvalue weighted by atomic mass is 16.5. The number of nitrogens with one attached hydrogen (secondary N) is 2. The SMILES string of the molecule is CCOC(=O)CCCn1c(Cc2ccc(C(=N)N)cc2)nc2cc(C(=O)NCC3CCCCC3)ccc21. The van der Waals surface area contributed by atoms with Crippen molar-refractivity contribution >= 4 is 28.7 Å². The average Bonchev–Trinajstić information content (AvgIpc) is 3.24. The van der Waals surface area contributed by atoms with Crippen molar-refractivity contribution in [2.24, 2.45) is 11.7 Å². The van der Waals surface area contributed by atoms with Crippen LogP contribution in [0.2, 0.25) is 0 Å². The first-order valence-electron chi connectivity index (χ1n) is 13.3. The van der Waals surface area contributed by atoms with E-state index in [-0.39, 0.29) is 17.7 Å². The van der Waals surface area contributed by atoms with Gasteiger partial charge in [0.25, 0.3) is 5.91 Å². The van der Waals surface area contributed by atoms with Crippen molar-refractivity contribution in [2.45, 2.75) is 64.8 Å². The van der Waals surface area contributed by atoms with Gasteiger partial charge in [-0.3, -0.25) is 15.0 Å². The first kappa shape index (κ1) is 26.4. The van der Waals surface area contributed by atoms with Gasteiger partial charge in [-0.25, -0.2) is 4.98 Å². The number of carbonyl (C=O) groups excluding carboxylic acids is 2. The number of hydrogen-bond acceptors (Lipinski definition) is 5. The van der Waals surface area contributed by atoms with Gasteiger partial charge in [0, 0.05) is 37.1 Å². The minimum Gasteiger partial charge on any atom is -0.466 e. The zero-order valence-electron chi connectivity index (χ0n) is 21.6. The number of benzene rings is 2. The molecule has 8 nitrogen and oxygen atoms in total. The molecule has 4 rings (SSSR count). The second kappa shape index (κ2) is 12.5. The predicted octanol–water partition coefficient (Wildman–Crippen LogP) is 4.56. The first-order chi connectivity index (χ1) is 17.9. The molecule has 0 unspecified atom stereocenters. The summed E-state index contributed by atoms with van der Waals surface area (Å²) in [6, 6.07) is 13.2. The lowest BCUT2D eigenvalue weighted by Crippen LogP contribution is -2.30. The molecule has 1 fully saturated rings. The third kappa shape index (κ3) is 6.96. The fourth-order valence-corrected chi connectivity index (χ4v) is 5.04. The van der Waals surface area contributed by atoms with Gasteiger partial charge in [0.2, 0.25) is 0 Å². The van der Waals surface area contributed by atoms with E-state index >= 15 is 0 Å². The van der Waals surface area contributed by atoms with Gasteiger partial charge in [-0.05, 0) is 55.9 Å². The van der Waals surface area contributed by atoms with Crippen LogP contribution in [0.4, 0.5) is 0 Å². The first-order valence-corrected chi connectivity index (χ1v) is 13.3. The Morgan fingerprint density at radius 1 is 1.11 bits per heavy atom. The number of nitrogens with two attached hydrogens (primary N) is 1. The minimum absolute atomic E-state index is 0.0343. The van der Waals surface area contributed by atoms with Crippen LogP contribution in [0.25, 0.3) is 11.0 Å². The van der Waals surface area contributed by atoms with Crippen molar-refractivity contribution in [3.8, 4) is 0 Å². The van der Waals surface area contributed by atoms with Gasteiger partial charge < -0.3 is 20.4 Å². The summed E-state index contributed by atoms with van der Waals surface area (Å²) in [7, 11) is 0. The summed E-state index contributed by atoms with van der Waals surface area (Å²) in [5, 5.41) is 10.7. The number of fused-ring (bicyclic) bond motifs is 1. The van der Waals surface area contributed by atoms with E-state index in [4.69, 9.17) is 20.9 Å². The van der Waals surface area contributed by atoms with Crippen LogP contribution in [0, 0.1) is 11.3 Å². The molecule has 3 aromatic rings. The highest BCUT2D eigenvalue weighted by Gasteiger charge is 2.17. The lowest BCUT2D eigenvalue weighted by molar-refractivity contribution is -0.143. The molecule has 0 aliphatic heterocycles. The number of nitrogens with zero attached hydrogens (tertiary/aromatic N) is 2. The fraction of sp³-hybridized carbons (Fsp3) is 0.448. The van der Waals surface area contributed by atoms with Crippen LogP contribution < -0.4 is 11.1 Å². The number of amidine groups is 1. The summed E-state index contributed by atoms with van der Waals surface area (Å²) < 4.78 is 7.20. The molecule has 1 aliphatic rings. The molecule has 0 saturated heterocycles. The van der Waals surface area contributed by atoms with E-state index in [9.17, 15) is 9.59 Å². The molecule has 1 aromatic heterocycles. The van der Waals surface area contributed by atoms with Crippen molar-refractivity contribution in [2.75, 3.05) is 13.2 Å². The molecule has 4 N–H and O–H groups in total. The smallest absolute Gasteiger partial charge is 0.305 e. The quantitative estimate of drug-likeness (QED) is 0.201. The second-order valence-corrected chi connectivity index (χ2v) is 9.79. The zero-order valence-corrected chi connectivity index (χ0v) is 21.6. The number of imidazole rings is 1. The van der Waals surface area contributed by atoms with Crippen molar-refractivity contribution in [1.82, 2.24) is 14.9 Å². The Hall–Kier alpha value is -3.68. The number of amides is 1. The maximum absolute atomic E-state index is 12.9. The van der Waals surface area contributed by atoms with Crippen molar-refractivity contribution in [1.29, 1.82) is 5.41 Å². The van der Waals surface area contributed by atoms with Gasteiger partial charge in [-0.15, -0.1) is 0 Å². The summed E-state index contributed by atoms with van der Waals surface area (Å²) in [5.41, 5.74) is 9.61. The molecule has 196 valence electrons. The molecule has 1 aliphatic carbocycles. The van der Waals surface area contributed by atoms with Crippen molar-refractivity contribution in [3.05, 3.63) is 65.0 Å². The average molecular weight is 504 g/mol. The van der Waals surface area contributed by atoms with Crippen LogP contribution in [-0.2, 0) is 22.5 Å². The maximum Gasteiger partial charge on any atom is 0.305 e. The summed E-state index contributed by atoms with van der Waals surface area (Å²) >= 11 is 0. The molecular weight excluding hydrogens is 466 g/mol. The maximum atomic E-state index is 12.9. The third-order valence-corrected chi connectivity index (χ3v) is 7.06. The topological polar surface area (TPSA) is 123 Å². The monoisotopic (exact) mass is 503 g/mol. The Kier molecular flexibility index (Phi) is 8.93. The number of aryl methyl sites for hydroxylation is 1. The Balaban J connectivity index is 1.54. The lowest BCUT2D eigenvalue weighted by Gasteiger charge is -2.21. The number of nitrogen functional groups attached to an aromatic ring is 1. The van der Waals surface area contributed by atoms with E-state index in [0.717, 1.165) is 29.0 Å². The van der Waals surface area contributed by atoms with Crippen LogP contribution >= 0.6 is 0 Å². The van der Waals surface area contributed by atoms with Gasteiger partial charge >= 0.3 is 5.97 Å². The van der Waals surface area contributed by atoms with Gasteiger partial charge in [0.15, 0.2) is 0 Å². The van der Waals surface area contributed by atoms with Crippen LogP contribution in [0.5, 0.6) is 0 Å². The molecule has 2 aromatic carbocycles. The molecule has 1 saturated carbocycles. The Morgan fingerprint density at radius 2 is 1.84 bits per heavy atom. The van der Waals surface area contributed by atoms with E-state index in [1.54, 1.807) is 6.92 Å². The zero-order chi connectivity index (χ0) is 26.2. The van der Waals surface area contributed by atoms with E-state index in [2.05, 4.69) is 9.88 Å². The van der Waals surface area contributed by atoms with Crippen LogP contribution in [0.15, 0.2) is 42.5 Å². The summed E-state index contributed by atoms with van der Waals surface area (Å²) in [6.45, 7) is 3.52. The van der Waals surface area contributed by atoms with Crippen LogP contribution in [-0.4, -0.2) is 40.4 Å². The lowest BCUT2D eigenvalue weighted by atomic mass is 9.89. The fourth-order valence-electron chi connectivity index (χ4n) is 5.04. The van der Waals surface area contributed by atoms with Gasteiger partial charge in [-0.1, -0.05) is 43.5 Å². The van der Waals surface area contributed by atoms with Gasteiger partial charge in [0.1, 0.15) is 11.7 Å². The van der Waals surface area contributed by atoms with E-state index < -0.39 is 0 Å². The molecular formula is C29H37N5O3.